The Morgan fingerprint density at radius 3 is 2.24 bits per heavy atom. The van der Waals surface area contributed by atoms with E-state index in [2.05, 4.69) is 16.6 Å². The van der Waals surface area contributed by atoms with Crippen LogP contribution in [0.15, 0.2) is 0 Å². The lowest BCUT2D eigenvalue weighted by Gasteiger charge is -2.33. The van der Waals surface area contributed by atoms with Crippen LogP contribution in [0.3, 0.4) is 0 Å². The number of unbranched alkanes of at least 4 members (excludes halogenated alkanes) is 1. The number of rotatable bonds is 5. The molecule has 92 valence electrons. The van der Waals surface area contributed by atoms with Gasteiger partial charge in [0.1, 0.15) is 5.41 Å². The molecule has 17 heavy (non-hydrogen) atoms. The van der Waals surface area contributed by atoms with Crippen LogP contribution in [0, 0.1) is 17.8 Å². The fraction of sp³-hybridized carbons (Fsp3) is 0.583. The molecule has 4 amide bonds. The molecule has 0 aliphatic carbocycles. The molecular weight excluding hydrogens is 220 g/mol. The summed E-state index contributed by atoms with van der Waals surface area (Å²) in [7, 11) is 0. The SMILES string of the molecule is C#CCCCC1(CCC)C(=O)NC(=O)NC1=O. The molecule has 1 heterocycles. The molecule has 0 aromatic carbocycles. The highest BCUT2D eigenvalue weighted by Gasteiger charge is 2.48. The molecule has 0 aromatic heterocycles. The number of carbonyl (C=O) groups excluding carboxylic acids is 3. The number of hydrogen-bond acceptors (Lipinski definition) is 3. The van der Waals surface area contributed by atoms with E-state index in [1.165, 1.54) is 0 Å². The summed E-state index contributed by atoms with van der Waals surface area (Å²) in [5.74, 6) is 1.46. The van der Waals surface area contributed by atoms with E-state index in [1.807, 2.05) is 6.92 Å². The van der Waals surface area contributed by atoms with E-state index in [0.717, 1.165) is 0 Å². The van der Waals surface area contributed by atoms with E-state index in [4.69, 9.17) is 6.42 Å². The van der Waals surface area contributed by atoms with Gasteiger partial charge in [0.25, 0.3) is 0 Å². The molecule has 0 atom stereocenters. The minimum absolute atomic E-state index is 0.371. The Hall–Kier alpha value is -1.83. The zero-order valence-corrected chi connectivity index (χ0v) is 9.84. The van der Waals surface area contributed by atoms with Crippen LogP contribution in [0.1, 0.15) is 39.0 Å². The number of nitrogens with one attached hydrogen (secondary N) is 2. The molecule has 0 aromatic rings. The van der Waals surface area contributed by atoms with E-state index in [9.17, 15) is 14.4 Å². The molecule has 0 radical (unpaired) electrons. The predicted octanol–water partition coefficient (Wildman–Crippen LogP) is 0.942. The third-order valence-electron chi connectivity index (χ3n) is 2.92. The van der Waals surface area contributed by atoms with Gasteiger partial charge in [0, 0.05) is 6.42 Å². The number of barbiturate groups is 1. The first-order valence-corrected chi connectivity index (χ1v) is 5.67. The maximum absolute atomic E-state index is 11.9. The van der Waals surface area contributed by atoms with Crippen LogP contribution in [-0.4, -0.2) is 17.8 Å². The third-order valence-corrected chi connectivity index (χ3v) is 2.92. The van der Waals surface area contributed by atoms with E-state index >= 15 is 0 Å². The van der Waals surface area contributed by atoms with Crippen molar-refractivity contribution in [3.63, 3.8) is 0 Å². The maximum atomic E-state index is 11.9. The van der Waals surface area contributed by atoms with Gasteiger partial charge in [-0.3, -0.25) is 20.2 Å². The Labute approximate surface area is 100 Å². The van der Waals surface area contributed by atoms with Crippen molar-refractivity contribution >= 4 is 17.8 Å². The van der Waals surface area contributed by atoms with Crippen LogP contribution in [0.5, 0.6) is 0 Å². The predicted molar refractivity (Wildman–Crippen MR) is 61.7 cm³/mol. The lowest BCUT2D eigenvalue weighted by atomic mass is 9.76. The summed E-state index contributed by atoms with van der Waals surface area (Å²) in [5.41, 5.74) is -1.14. The van der Waals surface area contributed by atoms with Gasteiger partial charge >= 0.3 is 6.03 Å². The number of hydrogen-bond donors (Lipinski definition) is 2. The van der Waals surface area contributed by atoms with Gasteiger partial charge in [-0.25, -0.2) is 4.79 Å². The Balaban J connectivity index is 2.88. The number of amides is 4. The topological polar surface area (TPSA) is 75.3 Å². The Morgan fingerprint density at radius 1 is 1.18 bits per heavy atom. The quantitative estimate of drug-likeness (QED) is 0.424. The molecule has 1 saturated heterocycles. The number of urea groups is 1. The molecule has 0 spiro atoms. The van der Waals surface area contributed by atoms with Crippen LogP contribution < -0.4 is 10.6 Å². The van der Waals surface area contributed by atoms with Crippen LogP contribution in [0.4, 0.5) is 4.79 Å². The molecule has 1 fully saturated rings. The maximum Gasteiger partial charge on any atom is 0.328 e. The van der Waals surface area contributed by atoms with Gasteiger partial charge in [-0.1, -0.05) is 13.3 Å². The molecule has 5 heteroatoms. The zero-order chi connectivity index (χ0) is 12.9. The highest BCUT2D eigenvalue weighted by atomic mass is 16.2. The van der Waals surface area contributed by atoms with E-state index < -0.39 is 23.3 Å². The molecule has 5 nitrogen and oxygen atoms in total. The summed E-state index contributed by atoms with van der Waals surface area (Å²) in [6, 6.07) is -0.747. The van der Waals surface area contributed by atoms with Crippen molar-refractivity contribution in [2.24, 2.45) is 5.41 Å². The first-order valence-electron chi connectivity index (χ1n) is 5.67. The molecule has 1 aliphatic rings. The number of terminal acetylenes is 1. The van der Waals surface area contributed by atoms with Crippen molar-refractivity contribution in [1.29, 1.82) is 0 Å². The summed E-state index contributed by atoms with van der Waals surface area (Å²) in [6.07, 6.45) is 7.73. The van der Waals surface area contributed by atoms with E-state index in [1.54, 1.807) is 0 Å². The van der Waals surface area contributed by atoms with Crippen molar-refractivity contribution in [2.75, 3.05) is 0 Å². The van der Waals surface area contributed by atoms with Crippen LogP contribution in [0.2, 0.25) is 0 Å². The lowest BCUT2D eigenvalue weighted by Crippen LogP contribution is -2.62. The summed E-state index contributed by atoms with van der Waals surface area (Å²) < 4.78 is 0. The van der Waals surface area contributed by atoms with E-state index in [-0.39, 0.29) is 0 Å². The Kier molecular flexibility index (Phi) is 4.27. The van der Waals surface area contributed by atoms with Crippen molar-refractivity contribution in [3.05, 3.63) is 0 Å². The monoisotopic (exact) mass is 236 g/mol. The average molecular weight is 236 g/mol. The highest BCUT2D eigenvalue weighted by molar-refractivity contribution is 6.19. The van der Waals surface area contributed by atoms with Gasteiger partial charge in [-0.05, 0) is 19.3 Å². The first-order chi connectivity index (χ1) is 8.06. The third kappa shape index (κ3) is 2.64. The van der Waals surface area contributed by atoms with Gasteiger partial charge in [-0.15, -0.1) is 12.3 Å². The minimum atomic E-state index is -1.14. The second-order valence-electron chi connectivity index (χ2n) is 4.13. The van der Waals surface area contributed by atoms with Crippen molar-refractivity contribution in [3.8, 4) is 12.3 Å². The Bertz CT molecular complexity index is 362. The van der Waals surface area contributed by atoms with Gasteiger partial charge in [0.2, 0.25) is 11.8 Å². The van der Waals surface area contributed by atoms with Crippen molar-refractivity contribution in [2.45, 2.75) is 39.0 Å². The molecule has 2 N–H and O–H groups in total. The van der Waals surface area contributed by atoms with Crippen LogP contribution in [-0.2, 0) is 9.59 Å². The van der Waals surface area contributed by atoms with Crippen LogP contribution in [0.25, 0.3) is 0 Å². The van der Waals surface area contributed by atoms with Crippen molar-refractivity contribution in [1.82, 2.24) is 10.6 Å². The van der Waals surface area contributed by atoms with Gasteiger partial charge in [0.15, 0.2) is 0 Å². The largest absolute Gasteiger partial charge is 0.328 e. The lowest BCUT2D eigenvalue weighted by molar-refractivity contribution is -0.145. The summed E-state index contributed by atoms with van der Waals surface area (Å²) >= 11 is 0. The fourth-order valence-corrected chi connectivity index (χ4v) is 2.08. The van der Waals surface area contributed by atoms with E-state index in [0.29, 0.717) is 32.1 Å². The minimum Gasteiger partial charge on any atom is -0.277 e. The first kappa shape index (κ1) is 13.2. The number of carbonyl (C=O) groups is 3. The van der Waals surface area contributed by atoms with Crippen LogP contribution >= 0.6 is 0 Å². The standard InChI is InChI=1S/C12H16N2O3/c1-3-5-6-8-12(7-4-2)9(15)13-11(17)14-10(12)16/h1H,4-8H2,2H3,(H2,13,14,15,16,17). The fourth-order valence-electron chi connectivity index (χ4n) is 2.08. The summed E-state index contributed by atoms with van der Waals surface area (Å²) in [6.45, 7) is 1.89. The molecule has 0 bridgehead atoms. The molecular formula is C12H16N2O3. The smallest absolute Gasteiger partial charge is 0.277 e. The van der Waals surface area contributed by atoms with Gasteiger partial charge in [-0.2, -0.15) is 0 Å². The second kappa shape index (κ2) is 5.48. The zero-order valence-electron chi connectivity index (χ0n) is 9.84. The molecule has 1 rings (SSSR count). The van der Waals surface area contributed by atoms with Gasteiger partial charge < -0.3 is 0 Å². The normalized spacial score (nSPS) is 18.2. The average Bonchev–Trinajstić information content (AvgIpc) is 2.25. The molecule has 0 saturated carbocycles. The van der Waals surface area contributed by atoms with Gasteiger partial charge in [0.05, 0.1) is 0 Å². The molecule has 0 unspecified atom stereocenters. The van der Waals surface area contributed by atoms with Crippen molar-refractivity contribution < 1.29 is 14.4 Å². The second-order valence-corrected chi connectivity index (χ2v) is 4.13. The molecule has 1 aliphatic heterocycles. The highest BCUT2D eigenvalue weighted by Crippen LogP contribution is 2.32. The summed E-state index contributed by atoms with van der Waals surface area (Å²) in [5, 5.41) is 4.30. The summed E-state index contributed by atoms with van der Waals surface area (Å²) in [4.78, 5) is 34.8. The Morgan fingerprint density at radius 2 is 1.76 bits per heavy atom. The number of imide groups is 2.